The third kappa shape index (κ3) is 3.46. The summed E-state index contributed by atoms with van der Waals surface area (Å²) in [7, 11) is 1.58. The number of fused-ring (bicyclic) bond motifs is 3. The number of nitrogens with two attached hydrogens (primary N) is 1. The summed E-state index contributed by atoms with van der Waals surface area (Å²) in [5, 5.41) is 1.18. The highest BCUT2D eigenvalue weighted by atomic mass is 19.2. The van der Waals surface area contributed by atoms with E-state index in [0.717, 1.165) is 17.2 Å². The standard InChI is InChI=1S/C27H18F3N2O2/c1-34-18-9-5-15(6-10-18)16-7-11-19-23(13-16)32(14-17-8-12-21(28)26(30)25(17)29)22-4-2-3-20(24(19)22)27(31)33/h2-10,12-13H,14H2,1H3,(H2,31,33). The predicted octanol–water partition coefficient (Wildman–Crippen LogP) is 5.83. The molecule has 34 heavy (non-hydrogen) atoms. The normalized spacial score (nSPS) is 11.3. The van der Waals surface area contributed by atoms with Gasteiger partial charge in [-0.2, -0.15) is 0 Å². The third-order valence-electron chi connectivity index (χ3n) is 5.93. The van der Waals surface area contributed by atoms with Gasteiger partial charge in [-0.1, -0.05) is 24.3 Å². The van der Waals surface area contributed by atoms with Crippen molar-refractivity contribution in [3.8, 4) is 16.9 Å². The maximum Gasteiger partial charge on any atom is 0.249 e. The van der Waals surface area contributed by atoms with Crippen LogP contribution in [-0.2, 0) is 6.54 Å². The van der Waals surface area contributed by atoms with Crippen LogP contribution in [0, 0.1) is 23.5 Å². The lowest BCUT2D eigenvalue weighted by molar-refractivity contribution is 0.100. The Kier molecular flexibility index (Phi) is 5.24. The van der Waals surface area contributed by atoms with Crippen molar-refractivity contribution in [3.63, 3.8) is 0 Å². The van der Waals surface area contributed by atoms with Crippen molar-refractivity contribution in [1.29, 1.82) is 0 Å². The molecule has 1 aromatic heterocycles. The van der Waals surface area contributed by atoms with Gasteiger partial charge in [0.25, 0.3) is 0 Å². The first-order valence-corrected chi connectivity index (χ1v) is 10.4. The van der Waals surface area contributed by atoms with Gasteiger partial charge < -0.3 is 15.0 Å². The molecule has 1 amide bonds. The number of ether oxygens (including phenoxy) is 1. The number of amides is 1. The average Bonchev–Trinajstić information content (AvgIpc) is 3.17. The Bertz CT molecular complexity index is 1570. The Labute approximate surface area is 193 Å². The van der Waals surface area contributed by atoms with Crippen LogP contribution in [0.2, 0.25) is 0 Å². The summed E-state index contributed by atoms with van der Waals surface area (Å²) in [6, 6.07) is 21.5. The SMILES string of the molecule is COc1ccc(-c2c[c]c3c4c(C(N)=O)cccc4n(Cc4ccc(F)c(F)c4F)c3c2)cc1. The van der Waals surface area contributed by atoms with E-state index < -0.39 is 23.4 Å². The Hall–Kier alpha value is -4.26. The Morgan fingerprint density at radius 2 is 1.74 bits per heavy atom. The minimum absolute atomic E-state index is 0.0305. The Balaban J connectivity index is 1.77. The maximum absolute atomic E-state index is 14.6. The van der Waals surface area contributed by atoms with Crippen LogP contribution in [0.15, 0.2) is 66.7 Å². The number of primary amides is 1. The van der Waals surface area contributed by atoms with E-state index in [0.29, 0.717) is 33.1 Å². The molecule has 0 atom stereocenters. The monoisotopic (exact) mass is 459 g/mol. The molecule has 0 saturated heterocycles. The lowest BCUT2D eigenvalue weighted by Gasteiger charge is -2.11. The van der Waals surface area contributed by atoms with Crippen LogP contribution in [0.4, 0.5) is 13.2 Å². The highest BCUT2D eigenvalue weighted by Gasteiger charge is 2.20. The predicted molar refractivity (Wildman–Crippen MR) is 124 cm³/mol. The first kappa shape index (κ1) is 21.6. The van der Waals surface area contributed by atoms with E-state index in [-0.39, 0.29) is 12.1 Å². The lowest BCUT2D eigenvalue weighted by atomic mass is 10.0. The van der Waals surface area contributed by atoms with Crippen LogP contribution >= 0.6 is 0 Å². The zero-order chi connectivity index (χ0) is 24.0. The van der Waals surface area contributed by atoms with Gasteiger partial charge in [0.1, 0.15) is 5.75 Å². The molecular weight excluding hydrogens is 441 g/mol. The molecule has 1 heterocycles. The lowest BCUT2D eigenvalue weighted by Crippen LogP contribution is -2.11. The van der Waals surface area contributed by atoms with E-state index >= 15 is 0 Å². The number of carbonyl (C=O) groups is 1. The zero-order valence-corrected chi connectivity index (χ0v) is 18.0. The number of benzene rings is 4. The molecule has 1 radical (unpaired) electrons. The molecule has 4 aromatic carbocycles. The van der Waals surface area contributed by atoms with Crippen LogP contribution in [0.25, 0.3) is 32.9 Å². The fourth-order valence-electron chi connectivity index (χ4n) is 4.24. The molecule has 5 aromatic rings. The summed E-state index contributed by atoms with van der Waals surface area (Å²) in [4.78, 5) is 12.1. The number of aromatic nitrogens is 1. The van der Waals surface area contributed by atoms with Crippen LogP contribution < -0.4 is 10.5 Å². The molecule has 0 spiro atoms. The van der Waals surface area contributed by atoms with Gasteiger partial charge in [-0.25, -0.2) is 13.2 Å². The van der Waals surface area contributed by atoms with E-state index in [1.54, 1.807) is 35.9 Å². The van der Waals surface area contributed by atoms with Crippen molar-refractivity contribution < 1.29 is 22.7 Å². The molecule has 0 saturated carbocycles. The minimum Gasteiger partial charge on any atom is -0.497 e. The summed E-state index contributed by atoms with van der Waals surface area (Å²) < 4.78 is 48.9. The van der Waals surface area contributed by atoms with Crippen molar-refractivity contribution >= 4 is 27.7 Å². The van der Waals surface area contributed by atoms with Gasteiger partial charge in [-0.3, -0.25) is 4.79 Å². The van der Waals surface area contributed by atoms with Crippen molar-refractivity contribution in [1.82, 2.24) is 4.57 Å². The van der Waals surface area contributed by atoms with E-state index in [9.17, 15) is 18.0 Å². The summed E-state index contributed by atoms with van der Waals surface area (Å²) in [6.07, 6.45) is 0. The summed E-state index contributed by atoms with van der Waals surface area (Å²) in [5.74, 6) is -3.94. The van der Waals surface area contributed by atoms with Gasteiger partial charge in [0.2, 0.25) is 5.91 Å². The number of rotatable bonds is 5. The first-order chi connectivity index (χ1) is 16.4. The number of carbonyl (C=O) groups excluding carboxylic acids is 1. The van der Waals surface area contributed by atoms with Gasteiger partial charge in [0, 0.05) is 21.9 Å². The fraction of sp³-hybridized carbons (Fsp3) is 0.0741. The Morgan fingerprint density at radius 1 is 0.971 bits per heavy atom. The first-order valence-electron chi connectivity index (χ1n) is 10.4. The number of hydrogen-bond acceptors (Lipinski definition) is 2. The molecule has 0 aliphatic rings. The second-order valence-electron chi connectivity index (χ2n) is 7.86. The molecule has 0 bridgehead atoms. The highest BCUT2D eigenvalue weighted by molar-refractivity contribution is 6.18. The maximum atomic E-state index is 14.6. The van der Waals surface area contributed by atoms with E-state index in [4.69, 9.17) is 10.5 Å². The van der Waals surface area contributed by atoms with Crippen molar-refractivity contribution in [2.24, 2.45) is 5.73 Å². The second-order valence-corrected chi connectivity index (χ2v) is 7.86. The van der Waals surface area contributed by atoms with E-state index in [1.807, 2.05) is 30.3 Å². The third-order valence-corrected chi connectivity index (χ3v) is 5.93. The smallest absolute Gasteiger partial charge is 0.249 e. The Morgan fingerprint density at radius 3 is 2.44 bits per heavy atom. The van der Waals surface area contributed by atoms with E-state index in [1.165, 1.54) is 6.07 Å². The molecule has 7 heteroatoms. The van der Waals surface area contributed by atoms with Crippen molar-refractivity contribution in [2.75, 3.05) is 7.11 Å². The van der Waals surface area contributed by atoms with Crippen LogP contribution in [0.1, 0.15) is 15.9 Å². The van der Waals surface area contributed by atoms with Crippen molar-refractivity contribution in [2.45, 2.75) is 6.54 Å². The number of nitrogens with zero attached hydrogens (tertiary/aromatic N) is 1. The largest absolute Gasteiger partial charge is 0.497 e. The molecular formula is C27H18F3N2O2. The van der Waals surface area contributed by atoms with Crippen LogP contribution in [-0.4, -0.2) is 17.6 Å². The summed E-state index contributed by atoms with van der Waals surface area (Å²) in [5.41, 5.74) is 8.83. The molecule has 4 nitrogen and oxygen atoms in total. The minimum atomic E-state index is -1.53. The van der Waals surface area contributed by atoms with E-state index in [2.05, 4.69) is 6.07 Å². The average molecular weight is 459 g/mol. The quantitative estimate of drug-likeness (QED) is 0.336. The van der Waals surface area contributed by atoms with Crippen LogP contribution in [0.5, 0.6) is 5.75 Å². The number of halogens is 3. The molecule has 169 valence electrons. The molecule has 0 unspecified atom stereocenters. The topological polar surface area (TPSA) is 57.2 Å². The number of hydrogen-bond donors (Lipinski definition) is 1. The molecule has 0 aliphatic heterocycles. The van der Waals surface area contributed by atoms with Gasteiger partial charge in [-0.15, -0.1) is 0 Å². The second kappa shape index (κ2) is 8.26. The molecule has 2 N–H and O–H groups in total. The molecule has 0 fully saturated rings. The van der Waals surface area contributed by atoms with Crippen molar-refractivity contribution in [3.05, 3.63) is 101 Å². The summed E-state index contributed by atoms with van der Waals surface area (Å²) >= 11 is 0. The fourth-order valence-corrected chi connectivity index (χ4v) is 4.24. The van der Waals surface area contributed by atoms with Gasteiger partial charge in [0.15, 0.2) is 17.5 Å². The highest BCUT2D eigenvalue weighted by Crippen LogP contribution is 2.35. The zero-order valence-electron chi connectivity index (χ0n) is 18.0. The van der Waals surface area contributed by atoms with Gasteiger partial charge >= 0.3 is 0 Å². The van der Waals surface area contributed by atoms with Gasteiger partial charge in [-0.05, 0) is 59.7 Å². The van der Waals surface area contributed by atoms with Gasteiger partial charge in [0.05, 0.1) is 24.7 Å². The molecule has 5 rings (SSSR count). The van der Waals surface area contributed by atoms with Crippen LogP contribution in [0.3, 0.4) is 0 Å². The molecule has 0 aliphatic carbocycles. The summed E-state index contributed by atoms with van der Waals surface area (Å²) in [6.45, 7) is -0.0921. The number of methoxy groups -OCH3 is 1.